The molecule has 1 aliphatic heterocycles. The van der Waals surface area contributed by atoms with Crippen LogP contribution in [0.4, 0.5) is 0 Å². The third-order valence-electron chi connectivity index (χ3n) is 5.29. The van der Waals surface area contributed by atoms with Crippen LogP contribution >= 0.6 is 0 Å². The first kappa shape index (κ1) is 15.0. The van der Waals surface area contributed by atoms with Gasteiger partial charge in [-0.05, 0) is 61.1 Å². The van der Waals surface area contributed by atoms with E-state index in [4.69, 9.17) is 4.74 Å². The fourth-order valence-electron chi connectivity index (χ4n) is 3.57. The van der Waals surface area contributed by atoms with Gasteiger partial charge < -0.3 is 4.74 Å². The Hall–Kier alpha value is -2.54. The molecular weight excluding hydrogens is 292 g/mol. The Labute approximate surface area is 143 Å². The van der Waals surface area contributed by atoms with Gasteiger partial charge in [0.05, 0.1) is 0 Å². The molecule has 0 N–H and O–H groups in total. The molecule has 1 heteroatoms. The molecule has 0 amide bonds. The summed E-state index contributed by atoms with van der Waals surface area (Å²) in [6, 6.07) is 17.6. The monoisotopic (exact) mass is 314 g/mol. The van der Waals surface area contributed by atoms with Crippen molar-refractivity contribution in [2.24, 2.45) is 0 Å². The lowest BCUT2D eigenvalue weighted by Crippen LogP contribution is -2.09. The average molecular weight is 314 g/mol. The zero-order chi connectivity index (χ0) is 16.8. The van der Waals surface area contributed by atoms with Gasteiger partial charge in [0, 0.05) is 11.1 Å². The number of ether oxygens (including phenoxy) is 1. The van der Waals surface area contributed by atoms with Gasteiger partial charge in [0.1, 0.15) is 12.4 Å². The normalized spacial score (nSPS) is 12.3. The smallest absolute Gasteiger partial charge is 0.130 e. The molecule has 0 aliphatic carbocycles. The Morgan fingerprint density at radius 3 is 2.08 bits per heavy atom. The third kappa shape index (κ3) is 2.24. The van der Waals surface area contributed by atoms with Gasteiger partial charge in [0.2, 0.25) is 0 Å². The maximum absolute atomic E-state index is 6.15. The van der Waals surface area contributed by atoms with E-state index in [2.05, 4.69) is 76.2 Å². The van der Waals surface area contributed by atoms with E-state index in [0.717, 1.165) is 5.75 Å². The number of fused-ring (bicyclic) bond motifs is 3. The molecule has 0 radical (unpaired) electrons. The molecule has 1 nitrogen and oxygen atoms in total. The zero-order valence-corrected chi connectivity index (χ0v) is 14.7. The third-order valence-corrected chi connectivity index (χ3v) is 5.29. The largest absolute Gasteiger partial charge is 0.488 e. The molecule has 0 atom stereocenters. The van der Waals surface area contributed by atoms with Crippen LogP contribution in [0.15, 0.2) is 48.5 Å². The first-order chi connectivity index (χ1) is 11.6. The Kier molecular flexibility index (Phi) is 3.45. The van der Waals surface area contributed by atoms with Gasteiger partial charge >= 0.3 is 0 Å². The average Bonchev–Trinajstić information content (AvgIpc) is 2.59. The second kappa shape index (κ2) is 5.52. The predicted octanol–water partition coefficient (Wildman–Crippen LogP) is 6.15. The van der Waals surface area contributed by atoms with Gasteiger partial charge in [0.25, 0.3) is 0 Å². The van der Waals surface area contributed by atoms with Gasteiger partial charge in [-0.2, -0.15) is 0 Å². The second-order valence-corrected chi connectivity index (χ2v) is 6.80. The fraction of sp³-hybridized carbons (Fsp3) is 0.217. The molecule has 0 unspecified atom stereocenters. The predicted molar refractivity (Wildman–Crippen MR) is 101 cm³/mol. The summed E-state index contributed by atoms with van der Waals surface area (Å²) in [5.41, 5.74) is 11.5. The van der Waals surface area contributed by atoms with Crippen LogP contribution in [0.2, 0.25) is 0 Å². The highest BCUT2D eigenvalue weighted by atomic mass is 16.5. The van der Waals surface area contributed by atoms with Crippen molar-refractivity contribution in [2.75, 3.05) is 0 Å². The molecule has 4 rings (SSSR count). The standard InChI is InChI=1S/C23H22O/c1-14-5-8-18(9-6-14)19-11-12-20-21-10-7-15(2)16(3)23(21)24-13-22(20)17(19)4/h5-12H,13H2,1-4H3. The highest BCUT2D eigenvalue weighted by Crippen LogP contribution is 2.43. The van der Waals surface area contributed by atoms with Gasteiger partial charge in [-0.3, -0.25) is 0 Å². The second-order valence-electron chi connectivity index (χ2n) is 6.80. The molecule has 0 saturated heterocycles. The summed E-state index contributed by atoms with van der Waals surface area (Å²) in [4.78, 5) is 0. The van der Waals surface area contributed by atoms with E-state index in [0.29, 0.717) is 6.61 Å². The molecular formula is C23H22O. The lowest BCUT2D eigenvalue weighted by Gasteiger charge is -2.26. The SMILES string of the molecule is Cc1ccc(-c2ccc3c(c2C)COc2c-3ccc(C)c2C)cc1. The van der Waals surface area contributed by atoms with E-state index in [-0.39, 0.29) is 0 Å². The minimum absolute atomic E-state index is 0.651. The quantitative estimate of drug-likeness (QED) is 0.523. The Balaban J connectivity index is 1.89. The van der Waals surface area contributed by atoms with Crippen LogP contribution in [0.25, 0.3) is 22.3 Å². The van der Waals surface area contributed by atoms with Gasteiger partial charge in [-0.25, -0.2) is 0 Å². The molecule has 1 aliphatic rings. The van der Waals surface area contributed by atoms with E-state index >= 15 is 0 Å². The molecule has 3 aromatic rings. The summed E-state index contributed by atoms with van der Waals surface area (Å²) in [5.74, 6) is 1.05. The number of hydrogen-bond donors (Lipinski definition) is 0. The van der Waals surface area contributed by atoms with Crippen molar-refractivity contribution in [3.63, 3.8) is 0 Å². The van der Waals surface area contributed by atoms with Crippen LogP contribution in [0.1, 0.15) is 27.8 Å². The van der Waals surface area contributed by atoms with E-state index in [9.17, 15) is 0 Å². The maximum atomic E-state index is 6.15. The number of aryl methyl sites for hydroxylation is 2. The van der Waals surface area contributed by atoms with Crippen molar-refractivity contribution in [1.29, 1.82) is 0 Å². The van der Waals surface area contributed by atoms with Gasteiger partial charge in [0.15, 0.2) is 0 Å². The maximum Gasteiger partial charge on any atom is 0.130 e. The number of benzene rings is 3. The summed E-state index contributed by atoms with van der Waals surface area (Å²) >= 11 is 0. The molecule has 3 aromatic carbocycles. The van der Waals surface area contributed by atoms with Crippen LogP contribution in [0, 0.1) is 27.7 Å². The van der Waals surface area contributed by atoms with Crippen molar-refractivity contribution in [3.8, 4) is 28.0 Å². The minimum Gasteiger partial charge on any atom is -0.488 e. The first-order valence-electron chi connectivity index (χ1n) is 8.49. The van der Waals surface area contributed by atoms with E-state index < -0.39 is 0 Å². The van der Waals surface area contributed by atoms with Crippen LogP contribution in [-0.2, 0) is 6.61 Å². The van der Waals surface area contributed by atoms with Crippen LogP contribution < -0.4 is 4.74 Å². The summed E-state index contributed by atoms with van der Waals surface area (Å²) in [5, 5.41) is 0. The Bertz CT molecular complexity index is 933. The topological polar surface area (TPSA) is 9.23 Å². The molecule has 24 heavy (non-hydrogen) atoms. The van der Waals surface area contributed by atoms with E-state index in [1.807, 2.05) is 0 Å². The highest BCUT2D eigenvalue weighted by Gasteiger charge is 2.22. The van der Waals surface area contributed by atoms with Crippen LogP contribution in [0.5, 0.6) is 5.75 Å². The molecule has 0 bridgehead atoms. The number of rotatable bonds is 1. The van der Waals surface area contributed by atoms with Crippen molar-refractivity contribution in [3.05, 3.63) is 76.3 Å². The molecule has 0 saturated carbocycles. The molecule has 0 fully saturated rings. The van der Waals surface area contributed by atoms with E-state index in [1.54, 1.807) is 0 Å². The molecule has 120 valence electrons. The van der Waals surface area contributed by atoms with Crippen molar-refractivity contribution < 1.29 is 4.74 Å². The van der Waals surface area contributed by atoms with Crippen molar-refractivity contribution >= 4 is 0 Å². The Morgan fingerprint density at radius 2 is 1.33 bits per heavy atom. The van der Waals surface area contributed by atoms with Gasteiger partial charge in [-0.15, -0.1) is 0 Å². The number of hydrogen-bond acceptors (Lipinski definition) is 1. The fourth-order valence-corrected chi connectivity index (χ4v) is 3.57. The molecule has 0 spiro atoms. The molecule has 1 heterocycles. The lowest BCUT2D eigenvalue weighted by molar-refractivity contribution is 0.299. The van der Waals surface area contributed by atoms with Gasteiger partial charge in [-0.1, -0.05) is 54.1 Å². The highest BCUT2D eigenvalue weighted by molar-refractivity contribution is 5.82. The zero-order valence-electron chi connectivity index (χ0n) is 14.7. The summed E-state index contributed by atoms with van der Waals surface area (Å²) in [6.45, 7) is 9.27. The van der Waals surface area contributed by atoms with Crippen molar-refractivity contribution in [1.82, 2.24) is 0 Å². The minimum atomic E-state index is 0.651. The summed E-state index contributed by atoms with van der Waals surface area (Å²) < 4.78 is 6.15. The molecule has 0 aromatic heterocycles. The summed E-state index contributed by atoms with van der Waals surface area (Å²) in [7, 11) is 0. The first-order valence-corrected chi connectivity index (χ1v) is 8.49. The van der Waals surface area contributed by atoms with Crippen molar-refractivity contribution in [2.45, 2.75) is 34.3 Å². The lowest BCUT2D eigenvalue weighted by atomic mass is 9.87. The van der Waals surface area contributed by atoms with Crippen LogP contribution in [0.3, 0.4) is 0 Å². The summed E-state index contributed by atoms with van der Waals surface area (Å²) in [6.07, 6.45) is 0. The van der Waals surface area contributed by atoms with E-state index in [1.165, 1.54) is 50.1 Å². The van der Waals surface area contributed by atoms with Crippen LogP contribution in [-0.4, -0.2) is 0 Å². The Morgan fingerprint density at radius 1 is 0.667 bits per heavy atom.